The quantitative estimate of drug-likeness (QED) is 0.800. The second-order valence-corrected chi connectivity index (χ2v) is 8.66. The van der Waals surface area contributed by atoms with E-state index in [0.717, 1.165) is 0 Å². The molecule has 158 valence electrons. The molecule has 2 aromatic rings. The van der Waals surface area contributed by atoms with Gasteiger partial charge in [0.05, 0.1) is 0 Å². The van der Waals surface area contributed by atoms with Gasteiger partial charge in [-0.15, -0.1) is 0 Å². The highest BCUT2D eigenvalue weighted by molar-refractivity contribution is 5.87. The zero-order valence-corrected chi connectivity index (χ0v) is 17.5. The lowest BCUT2D eigenvalue weighted by Crippen LogP contribution is -2.44. The van der Waals surface area contributed by atoms with Crippen LogP contribution >= 0.6 is 0 Å². The summed E-state index contributed by atoms with van der Waals surface area (Å²) in [5, 5.41) is 12.4. The van der Waals surface area contributed by atoms with Gasteiger partial charge in [0.1, 0.15) is 22.9 Å². The number of alkyl carbamates (subject to hydrolysis) is 1. The highest BCUT2D eigenvalue weighted by atomic mass is 16.6. The molecule has 2 N–H and O–H groups in total. The van der Waals surface area contributed by atoms with Gasteiger partial charge in [0.15, 0.2) is 0 Å². The second-order valence-electron chi connectivity index (χ2n) is 8.66. The molecule has 0 unspecified atom stereocenters. The number of ether oxygens (including phenoxy) is 2. The minimum atomic E-state index is -1.19. The zero-order valence-electron chi connectivity index (χ0n) is 17.5. The first-order valence-corrected chi connectivity index (χ1v) is 9.17. The molecule has 0 aliphatic heterocycles. The minimum absolute atomic E-state index is 0.00906. The molecule has 9 heteroatoms. The van der Waals surface area contributed by atoms with Crippen molar-refractivity contribution in [2.75, 3.05) is 0 Å². The molecule has 1 atom stereocenters. The third-order valence-corrected chi connectivity index (χ3v) is 3.60. The van der Waals surface area contributed by atoms with Crippen LogP contribution in [0.3, 0.4) is 0 Å². The number of amides is 1. The van der Waals surface area contributed by atoms with Crippen LogP contribution in [0.4, 0.5) is 9.59 Å². The largest absolute Gasteiger partial charge is 0.480 e. The lowest BCUT2D eigenvalue weighted by molar-refractivity contribution is -0.139. The van der Waals surface area contributed by atoms with Crippen LogP contribution in [0.2, 0.25) is 0 Å². The molecule has 0 saturated heterocycles. The maximum atomic E-state index is 12.3. The molecule has 0 aromatic carbocycles. The third-order valence-electron chi connectivity index (χ3n) is 3.60. The molecule has 29 heavy (non-hydrogen) atoms. The van der Waals surface area contributed by atoms with Crippen molar-refractivity contribution in [3.8, 4) is 0 Å². The molecule has 0 radical (unpaired) electrons. The van der Waals surface area contributed by atoms with E-state index in [1.54, 1.807) is 59.9 Å². The highest BCUT2D eigenvalue weighted by Crippen LogP contribution is 2.18. The average molecular weight is 405 g/mol. The Morgan fingerprint density at radius 1 is 1.14 bits per heavy atom. The Hall–Kier alpha value is -3.10. The first kappa shape index (κ1) is 22.2. The molecule has 0 aliphatic rings. The Morgan fingerprint density at radius 2 is 1.76 bits per heavy atom. The van der Waals surface area contributed by atoms with Gasteiger partial charge in [0.25, 0.3) is 0 Å². The fourth-order valence-electron chi connectivity index (χ4n) is 2.53. The van der Waals surface area contributed by atoms with Crippen molar-refractivity contribution in [3.05, 3.63) is 30.1 Å². The van der Waals surface area contributed by atoms with Crippen molar-refractivity contribution < 1.29 is 29.0 Å². The molecule has 0 fully saturated rings. The van der Waals surface area contributed by atoms with E-state index in [0.29, 0.717) is 16.6 Å². The summed E-state index contributed by atoms with van der Waals surface area (Å²) in [6.07, 6.45) is 1.66. The van der Waals surface area contributed by atoms with E-state index in [-0.39, 0.29) is 6.42 Å². The van der Waals surface area contributed by atoms with Gasteiger partial charge in [0, 0.05) is 24.2 Å². The number of aromatic nitrogens is 2. The standard InChI is InChI=1S/C20H27N3O6/c1-19(2,3)28-17(26)22-14(16(24)25)10-12-9-13-7-8-23(15(13)21-11-12)18(27)29-20(4,5)6/h7-9,11,14H,10H2,1-6H3,(H,22,26)(H,24,25)/t14-/m1/s1. The topological polar surface area (TPSA) is 120 Å². The lowest BCUT2D eigenvalue weighted by Gasteiger charge is -2.22. The van der Waals surface area contributed by atoms with Crippen LogP contribution in [0.1, 0.15) is 47.1 Å². The summed E-state index contributed by atoms with van der Waals surface area (Å²) in [6, 6.07) is 2.22. The molecular weight excluding hydrogens is 378 g/mol. The van der Waals surface area contributed by atoms with Crippen molar-refractivity contribution in [1.82, 2.24) is 14.9 Å². The Kier molecular flexibility index (Phi) is 6.20. The number of rotatable bonds is 4. The van der Waals surface area contributed by atoms with Gasteiger partial charge in [-0.05, 0) is 59.2 Å². The highest BCUT2D eigenvalue weighted by Gasteiger charge is 2.25. The van der Waals surface area contributed by atoms with Crippen LogP contribution < -0.4 is 5.32 Å². The third kappa shape index (κ3) is 6.48. The zero-order chi connectivity index (χ0) is 22.0. The molecule has 2 aromatic heterocycles. The summed E-state index contributed by atoms with van der Waals surface area (Å²) >= 11 is 0. The SMILES string of the molecule is CC(C)(C)OC(=O)N[C@H](Cc1cnc2c(ccn2C(=O)OC(C)(C)C)c1)C(=O)O. The number of fused-ring (bicyclic) bond motifs is 1. The van der Waals surface area contributed by atoms with E-state index >= 15 is 0 Å². The number of nitrogens with one attached hydrogen (secondary N) is 1. The van der Waals surface area contributed by atoms with E-state index in [1.165, 1.54) is 10.8 Å². The normalized spacial score (nSPS) is 13.0. The van der Waals surface area contributed by atoms with Crippen molar-refractivity contribution in [3.63, 3.8) is 0 Å². The van der Waals surface area contributed by atoms with Crippen molar-refractivity contribution >= 4 is 29.2 Å². The summed E-state index contributed by atoms with van der Waals surface area (Å²) < 4.78 is 11.7. The number of pyridine rings is 1. The molecule has 1 amide bonds. The van der Waals surface area contributed by atoms with E-state index in [9.17, 15) is 19.5 Å². The number of carbonyl (C=O) groups is 3. The Balaban J connectivity index is 2.18. The first-order valence-electron chi connectivity index (χ1n) is 9.17. The molecule has 0 bridgehead atoms. The molecule has 0 aliphatic carbocycles. The molecular formula is C20H27N3O6. The van der Waals surface area contributed by atoms with Crippen LogP contribution in [-0.2, 0) is 20.7 Å². The van der Waals surface area contributed by atoms with Crippen LogP contribution in [-0.4, -0.2) is 50.1 Å². The van der Waals surface area contributed by atoms with Crippen LogP contribution in [0.25, 0.3) is 11.0 Å². The molecule has 0 spiro atoms. The van der Waals surface area contributed by atoms with Crippen molar-refractivity contribution in [2.24, 2.45) is 0 Å². The summed E-state index contributed by atoms with van der Waals surface area (Å²) in [6.45, 7) is 10.4. The summed E-state index contributed by atoms with van der Waals surface area (Å²) in [5.41, 5.74) is -0.397. The van der Waals surface area contributed by atoms with Crippen LogP contribution in [0.5, 0.6) is 0 Å². The Labute approximate surface area is 169 Å². The van der Waals surface area contributed by atoms with Crippen LogP contribution in [0.15, 0.2) is 24.5 Å². The van der Waals surface area contributed by atoms with Gasteiger partial charge < -0.3 is 19.9 Å². The van der Waals surface area contributed by atoms with E-state index < -0.39 is 35.4 Å². The summed E-state index contributed by atoms with van der Waals surface area (Å²) in [7, 11) is 0. The van der Waals surface area contributed by atoms with Crippen molar-refractivity contribution in [1.29, 1.82) is 0 Å². The smallest absolute Gasteiger partial charge is 0.420 e. The van der Waals surface area contributed by atoms with E-state index in [2.05, 4.69) is 10.3 Å². The van der Waals surface area contributed by atoms with Gasteiger partial charge in [-0.25, -0.2) is 23.9 Å². The molecule has 9 nitrogen and oxygen atoms in total. The maximum absolute atomic E-state index is 12.3. The van der Waals surface area contributed by atoms with E-state index in [4.69, 9.17) is 9.47 Å². The predicted octanol–water partition coefficient (Wildman–Crippen LogP) is 3.34. The van der Waals surface area contributed by atoms with Gasteiger partial charge in [-0.1, -0.05) is 0 Å². The van der Waals surface area contributed by atoms with Gasteiger partial charge in [-0.3, -0.25) is 0 Å². The number of carboxylic acids is 1. The average Bonchev–Trinajstić information content (AvgIpc) is 2.94. The van der Waals surface area contributed by atoms with E-state index in [1.807, 2.05) is 0 Å². The van der Waals surface area contributed by atoms with Crippen molar-refractivity contribution in [2.45, 2.75) is 65.2 Å². The number of hydrogen-bond acceptors (Lipinski definition) is 6. The monoisotopic (exact) mass is 405 g/mol. The number of aliphatic carboxylic acids is 1. The molecule has 2 heterocycles. The minimum Gasteiger partial charge on any atom is -0.480 e. The lowest BCUT2D eigenvalue weighted by atomic mass is 10.1. The Bertz CT molecular complexity index is 920. The van der Waals surface area contributed by atoms with Crippen LogP contribution in [0, 0.1) is 0 Å². The van der Waals surface area contributed by atoms with Gasteiger partial charge >= 0.3 is 18.2 Å². The number of carboxylic acid groups (broad SMARTS) is 1. The molecule has 2 rings (SSSR count). The fourth-order valence-corrected chi connectivity index (χ4v) is 2.53. The number of carbonyl (C=O) groups excluding carboxylic acids is 2. The number of hydrogen-bond donors (Lipinski definition) is 2. The first-order chi connectivity index (χ1) is 13.2. The fraction of sp³-hybridized carbons (Fsp3) is 0.500. The van der Waals surface area contributed by atoms with Gasteiger partial charge in [-0.2, -0.15) is 0 Å². The molecule has 0 saturated carbocycles. The van der Waals surface area contributed by atoms with Gasteiger partial charge in [0.2, 0.25) is 0 Å². The Morgan fingerprint density at radius 3 is 2.31 bits per heavy atom. The second kappa shape index (κ2) is 8.10. The predicted molar refractivity (Wildman–Crippen MR) is 106 cm³/mol. The summed E-state index contributed by atoms with van der Waals surface area (Å²) in [4.78, 5) is 40.0. The maximum Gasteiger partial charge on any atom is 0.420 e. The summed E-state index contributed by atoms with van der Waals surface area (Å²) in [5.74, 6) is -1.19. The number of nitrogens with zero attached hydrogens (tertiary/aromatic N) is 2.